The molecule has 0 N–H and O–H groups in total. The van der Waals surface area contributed by atoms with E-state index in [0.29, 0.717) is 12.8 Å². The van der Waals surface area contributed by atoms with E-state index in [0.717, 1.165) is 57.4 Å². The van der Waals surface area contributed by atoms with Crippen molar-refractivity contribution in [3.63, 3.8) is 0 Å². The van der Waals surface area contributed by atoms with Gasteiger partial charge in [-0.15, -0.1) is 13.2 Å². The molecule has 0 aliphatic carbocycles. The van der Waals surface area contributed by atoms with E-state index >= 15 is 0 Å². The van der Waals surface area contributed by atoms with Gasteiger partial charge in [0.2, 0.25) is 0 Å². The molecule has 358 valence electrons. The van der Waals surface area contributed by atoms with Crippen LogP contribution >= 0.6 is 0 Å². The summed E-state index contributed by atoms with van der Waals surface area (Å²) in [5, 5.41) is 0. The summed E-state index contributed by atoms with van der Waals surface area (Å²) < 4.78 is 47.0. The summed E-state index contributed by atoms with van der Waals surface area (Å²) in [4.78, 5) is 25.3. The fraction of sp³-hybridized carbons (Fsp3) is 0.778. The van der Waals surface area contributed by atoms with E-state index in [9.17, 15) is 22.6 Å². The predicted molar refractivity (Wildman–Crippen MR) is 260 cm³/mol. The zero-order chi connectivity index (χ0) is 45.0. The Morgan fingerprint density at radius 1 is 0.429 bits per heavy atom. The molecule has 63 heavy (non-hydrogen) atoms. The quantitative estimate of drug-likeness (QED) is 0.0210. The molecule has 0 bridgehead atoms. The van der Waals surface area contributed by atoms with E-state index in [-0.39, 0.29) is 70.2 Å². The van der Waals surface area contributed by atoms with Crippen LogP contribution < -0.4 is 51.4 Å². The van der Waals surface area contributed by atoms with Gasteiger partial charge in [-0.3, -0.25) is 0 Å². The Kier molecular flexibility index (Phi) is 45.7. The third-order valence-corrected chi connectivity index (χ3v) is 13.2. The molecule has 0 aliphatic rings. The first-order valence-electron chi connectivity index (χ1n) is 26.0. The zero-order valence-corrected chi connectivity index (χ0v) is 44.7. The number of hydrogen-bond donors (Lipinski definition) is 0. The van der Waals surface area contributed by atoms with E-state index in [1.807, 2.05) is 12.2 Å². The molecule has 0 spiro atoms. The van der Waals surface area contributed by atoms with Gasteiger partial charge in [-0.05, 0) is 50.7 Å². The average Bonchev–Trinajstić information content (AvgIpc) is 3.26. The minimum atomic E-state index is -5.02. The summed E-state index contributed by atoms with van der Waals surface area (Å²) in [6, 6.07) is 3.65. The van der Waals surface area contributed by atoms with Crippen molar-refractivity contribution in [3.8, 4) is 0 Å². The average molecular weight is 925 g/mol. The molecule has 0 aliphatic heterocycles. The number of unbranched alkanes of at least 4 members (excludes halogenated alkanes) is 38. The number of hydrogen-bond acceptors (Lipinski definition) is 7. The summed E-state index contributed by atoms with van der Waals surface area (Å²) in [5.74, 6) is -1.80. The van der Waals surface area contributed by atoms with Crippen molar-refractivity contribution in [1.29, 1.82) is 0 Å². The van der Waals surface area contributed by atoms with Crippen LogP contribution in [0.25, 0.3) is 0 Å². The van der Waals surface area contributed by atoms with Gasteiger partial charge in [0.1, 0.15) is 10.1 Å². The molecular formula is C54H93KO7S. The van der Waals surface area contributed by atoms with Gasteiger partial charge in [-0.1, -0.05) is 237 Å². The molecule has 0 fully saturated rings. The van der Waals surface area contributed by atoms with Gasteiger partial charge in [-0.25, -0.2) is 18.0 Å². The number of carbonyl (C=O) groups is 2. The number of ether oxygens (including phenoxy) is 2. The first kappa shape index (κ1) is 62.2. The number of rotatable bonds is 47. The van der Waals surface area contributed by atoms with Crippen LogP contribution in [0.2, 0.25) is 0 Å². The largest absolute Gasteiger partial charge is 1.00 e. The van der Waals surface area contributed by atoms with Crippen LogP contribution in [0.15, 0.2) is 48.4 Å². The third-order valence-electron chi connectivity index (χ3n) is 12.3. The van der Waals surface area contributed by atoms with Gasteiger partial charge in [0.15, 0.2) is 0 Å². The van der Waals surface area contributed by atoms with E-state index in [2.05, 4.69) is 13.2 Å². The Morgan fingerprint density at radius 2 is 0.683 bits per heavy atom. The van der Waals surface area contributed by atoms with E-state index in [1.165, 1.54) is 205 Å². The van der Waals surface area contributed by atoms with Crippen LogP contribution in [0.1, 0.15) is 278 Å². The maximum atomic E-state index is 13.1. The summed E-state index contributed by atoms with van der Waals surface area (Å²) in [6.07, 6.45) is 54.1. The van der Waals surface area contributed by atoms with Crippen LogP contribution in [0.3, 0.4) is 0 Å². The Morgan fingerprint density at radius 3 is 0.952 bits per heavy atom. The molecule has 1 rings (SSSR count). The minimum absolute atomic E-state index is 0. The van der Waals surface area contributed by atoms with Crippen molar-refractivity contribution in [2.75, 3.05) is 13.2 Å². The molecule has 1 aromatic carbocycles. The van der Waals surface area contributed by atoms with Crippen LogP contribution in [-0.4, -0.2) is 38.1 Å². The van der Waals surface area contributed by atoms with Crippen LogP contribution in [0, 0.1) is 0 Å². The van der Waals surface area contributed by atoms with Crippen LogP contribution in [0.5, 0.6) is 0 Å². The Hall–Kier alpha value is -0.814. The molecule has 9 heteroatoms. The second kappa shape index (κ2) is 46.3. The molecular weight excluding hydrogens is 832 g/mol. The van der Waals surface area contributed by atoms with E-state index < -0.39 is 32.5 Å². The normalized spacial score (nSPS) is 11.3. The molecule has 0 amide bonds. The van der Waals surface area contributed by atoms with Gasteiger partial charge in [0, 0.05) is 0 Å². The van der Waals surface area contributed by atoms with Crippen molar-refractivity contribution in [1.82, 2.24) is 0 Å². The van der Waals surface area contributed by atoms with Crippen LogP contribution in [-0.2, 0) is 19.6 Å². The topological polar surface area (TPSA) is 110 Å². The number of allylic oxidation sites excluding steroid dienone is 2. The van der Waals surface area contributed by atoms with Crippen molar-refractivity contribution in [2.45, 2.75) is 262 Å². The minimum Gasteiger partial charge on any atom is -0.744 e. The molecule has 0 saturated heterocycles. The third kappa shape index (κ3) is 37.9. The summed E-state index contributed by atoms with van der Waals surface area (Å²) in [6.45, 7) is 7.83. The van der Waals surface area contributed by atoms with Crippen molar-refractivity contribution >= 4 is 22.1 Å². The maximum absolute atomic E-state index is 13.1. The van der Waals surface area contributed by atoms with Gasteiger partial charge < -0.3 is 14.0 Å². The smallest absolute Gasteiger partial charge is 0.744 e. The van der Waals surface area contributed by atoms with Gasteiger partial charge in [-0.2, -0.15) is 0 Å². The van der Waals surface area contributed by atoms with Crippen molar-refractivity contribution < 1.29 is 83.4 Å². The predicted octanol–water partition coefficient (Wildman–Crippen LogP) is 13.9. The molecule has 0 unspecified atom stereocenters. The Balaban J connectivity index is 0.0000384. The second-order valence-corrected chi connectivity index (χ2v) is 19.3. The zero-order valence-electron chi connectivity index (χ0n) is 40.8. The number of carbonyl (C=O) groups excluding carboxylic acids is 2. The molecule has 7 nitrogen and oxygen atoms in total. The number of benzene rings is 1. The number of esters is 2. The summed E-state index contributed by atoms with van der Waals surface area (Å²) in [7, 11) is -5.02. The standard InChI is InChI=1S/C54H94O7S.K/c1-3-5-7-9-11-13-15-17-19-21-23-25-27-29-31-33-35-37-39-41-43-48-60-53(55)50-46-45-47-51(62(57,58)59)52(50)54(56)61-49-44-42-40-38-36-34-32-30-28-26-24-22-20-18-16-14-12-10-8-6-4-2;/h3-4,45-47H,1-2,5-44,48-49H2,(H,57,58,59);/q;+1/p-1. The van der Waals surface area contributed by atoms with Crippen molar-refractivity contribution in [2.24, 2.45) is 0 Å². The summed E-state index contributed by atoms with van der Waals surface area (Å²) in [5.41, 5.74) is -0.769. The van der Waals surface area contributed by atoms with E-state index in [4.69, 9.17) is 9.47 Å². The molecule has 0 heterocycles. The molecule has 0 aromatic heterocycles. The first-order chi connectivity index (χ1) is 30.3. The first-order valence-corrected chi connectivity index (χ1v) is 27.4. The van der Waals surface area contributed by atoms with Gasteiger partial charge in [0.25, 0.3) is 0 Å². The second-order valence-electron chi connectivity index (χ2n) is 18.0. The fourth-order valence-electron chi connectivity index (χ4n) is 8.39. The Labute approximate surface area is 431 Å². The molecule has 1 aromatic rings. The van der Waals surface area contributed by atoms with Gasteiger partial charge >= 0.3 is 63.3 Å². The maximum Gasteiger partial charge on any atom is 1.00 e. The Bertz CT molecular complexity index is 1350. The summed E-state index contributed by atoms with van der Waals surface area (Å²) >= 11 is 0. The SMILES string of the molecule is C=CCCCCCCCCCCCCCCCCCCCCCOC(=O)c1cccc(S(=O)(=O)[O-])c1C(=O)OCCCCCCCCCCCCCCCCCCCCCC=C.[K+]. The van der Waals surface area contributed by atoms with Crippen LogP contribution in [0.4, 0.5) is 0 Å². The van der Waals surface area contributed by atoms with Gasteiger partial charge in [0.05, 0.1) is 29.2 Å². The van der Waals surface area contributed by atoms with Crippen molar-refractivity contribution in [3.05, 3.63) is 54.6 Å². The fourth-order valence-corrected chi connectivity index (χ4v) is 9.08. The molecule has 0 saturated carbocycles. The molecule has 0 radical (unpaired) electrons. The monoisotopic (exact) mass is 925 g/mol. The molecule has 0 atom stereocenters. The van der Waals surface area contributed by atoms with E-state index in [1.54, 1.807) is 0 Å².